The molecule has 1 fully saturated rings. The number of pyridine rings is 1. The molecule has 0 aliphatic carbocycles. The quantitative estimate of drug-likeness (QED) is 0.306. The van der Waals surface area contributed by atoms with E-state index in [2.05, 4.69) is 15.6 Å². The monoisotopic (exact) mass is 476 g/mol. The maximum absolute atomic E-state index is 13.1. The summed E-state index contributed by atoms with van der Waals surface area (Å²) in [7, 11) is 0. The van der Waals surface area contributed by atoms with Crippen LogP contribution in [0.5, 0.6) is 5.75 Å². The Morgan fingerprint density at radius 3 is 2.49 bits per heavy atom. The molecule has 2 amide bonds. The third kappa shape index (κ3) is 5.96. The van der Waals surface area contributed by atoms with Crippen LogP contribution >= 0.6 is 0 Å². The zero-order valence-electron chi connectivity index (χ0n) is 20.3. The summed E-state index contributed by atoms with van der Waals surface area (Å²) < 4.78 is 6.01. The van der Waals surface area contributed by atoms with E-state index in [-0.39, 0.29) is 24.4 Å². The molecule has 1 saturated heterocycles. The Kier molecular flexibility index (Phi) is 7.33. The number of amides is 2. The fourth-order valence-electron chi connectivity index (χ4n) is 5.19. The van der Waals surface area contributed by atoms with Crippen molar-refractivity contribution in [3.8, 4) is 5.75 Å². The van der Waals surface area contributed by atoms with Crippen molar-refractivity contribution in [3.63, 3.8) is 0 Å². The zero-order valence-corrected chi connectivity index (χ0v) is 20.3. The fourth-order valence-corrected chi connectivity index (χ4v) is 5.19. The number of ether oxygens (including phenoxy) is 1. The molecule has 0 saturated carbocycles. The Hall–Kier alpha value is -3.49. The summed E-state index contributed by atoms with van der Waals surface area (Å²) >= 11 is 0. The maximum Gasteiger partial charge on any atom is 0.251 e. The molecule has 35 heavy (non-hydrogen) atoms. The third-order valence-corrected chi connectivity index (χ3v) is 6.41. The van der Waals surface area contributed by atoms with Gasteiger partial charge in [0.2, 0.25) is 5.91 Å². The zero-order chi connectivity index (χ0) is 25.0. The van der Waals surface area contributed by atoms with Crippen molar-refractivity contribution >= 4 is 22.7 Å². The van der Waals surface area contributed by atoms with Crippen molar-refractivity contribution in [1.29, 1.82) is 0 Å². The number of piperidine rings is 1. The summed E-state index contributed by atoms with van der Waals surface area (Å²) in [5.41, 5.74) is 4.34. The van der Waals surface area contributed by atoms with E-state index >= 15 is 0 Å². The van der Waals surface area contributed by atoms with Gasteiger partial charge in [-0.25, -0.2) is 5.48 Å². The second kappa shape index (κ2) is 10.4. The van der Waals surface area contributed by atoms with Gasteiger partial charge in [-0.15, -0.1) is 0 Å². The summed E-state index contributed by atoms with van der Waals surface area (Å²) in [6.45, 7) is 6.39. The van der Waals surface area contributed by atoms with Crippen LogP contribution in [0.1, 0.15) is 54.7 Å². The normalized spacial score (nSPS) is 21.9. The Balaban J connectivity index is 1.45. The smallest absolute Gasteiger partial charge is 0.251 e. The van der Waals surface area contributed by atoms with Crippen molar-refractivity contribution < 1.29 is 19.5 Å². The van der Waals surface area contributed by atoms with Crippen LogP contribution in [-0.2, 0) is 11.4 Å². The van der Waals surface area contributed by atoms with Crippen LogP contribution in [-0.4, -0.2) is 39.6 Å². The summed E-state index contributed by atoms with van der Waals surface area (Å²) in [5, 5.41) is 16.6. The van der Waals surface area contributed by atoms with E-state index in [1.165, 1.54) is 0 Å². The van der Waals surface area contributed by atoms with Gasteiger partial charge in [0, 0.05) is 34.3 Å². The fraction of sp³-hybridized carbons (Fsp3) is 0.370. The molecule has 3 aromatic rings. The molecule has 2 atom stereocenters. The van der Waals surface area contributed by atoms with E-state index in [0.29, 0.717) is 30.8 Å². The average molecular weight is 477 g/mol. The van der Waals surface area contributed by atoms with E-state index in [1.54, 1.807) is 29.7 Å². The van der Waals surface area contributed by atoms with Gasteiger partial charge in [-0.2, -0.15) is 0 Å². The van der Waals surface area contributed by atoms with Gasteiger partial charge in [-0.1, -0.05) is 18.2 Å². The number of fused-ring (bicyclic) bond motifs is 1. The lowest BCUT2D eigenvalue weighted by molar-refractivity contribution is -0.131. The number of carbonyl (C=O) groups is 2. The Bertz CT molecular complexity index is 1200. The predicted octanol–water partition coefficient (Wildman–Crippen LogP) is 3.65. The largest absolute Gasteiger partial charge is 0.489 e. The summed E-state index contributed by atoms with van der Waals surface area (Å²) in [6.07, 6.45) is 1.17. The Morgan fingerprint density at radius 2 is 1.80 bits per heavy atom. The van der Waals surface area contributed by atoms with E-state index in [1.807, 2.05) is 51.1 Å². The average Bonchev–Trinajstić information content (AvgIpc) is 2.81. The first-order valence-corrected chi connectivity index (χ1v) is 11.9. The van der Waals surface area contributed by atoms with Crippen molar-refractivity contribution in [1.82, 2.24) is 21.1 Å². The third-order valence-electron chi connectivity index (χ3n) is 6.41. The van der Waals surface area contributed by atoms with Gasteiger partial charge in [0.05, 0.1) is 17.5 Å². The number of rotatable bonds is 7. The number of nitrogens with one attached hydrogen (secondary N) is 3. The summed E-state index contributed by atoms with van der Waals surface area (Å²) in [5.74, 6) is -0.132. The molecular formula is C27H32N4O4. The van der Waals surface area contributed by atoms with Crippen LogP contribution in [0.2, 0.25) is 0 Å². The Morgan fingerprint density at radius 1 is 1.11 bits per heavy atom. The van der Waals surface area contributed by atoms with E-state index in [0.717, 1.165) is 22.2 Å². The molecule has 4 rings (SSSR count). The minimum absolute atomic E-state index is 0.00605. The van der Waals surface area contributed by atoms with Crippen LogP contribution in [0.25, 0.3) is 10.9 Å². The SMILES string of the molecule is Cc1cc(COc2ccc(C(=O)NC3(CC(=O)NO)CC(C)NC(C)C3)cc2)c2ccccc2n1. The second-order valence-corrected chi connectivity index (χ2v) is 9.58. The molecule has 2 heterocycles. The molecule has 2 aromatic carbocycles. The highest BCUT2D eigenvalue weighted by Crippen LogP contribution is 2.29. The topological polar surface area (TPSA) is 113 Å². The number of para-hydroxylation sites is 1. The molecule has 1 aromatic heterocycles. The molecule has 0 spiro atoms. The van der Waals surface area contributed by atoms with E-state index < -0.39 is 11.4 Å². The van der Waals surface area contributed by atoms with Gasteiger partial charge < -0.3 is 15.4 Å². The lowest BCUT2D eigenvalue weighted by atomic mass is 9.78. The van der Waals surface area contributed by atoms with Gasteiger partial charge in [0.1, 0.15) is 12.4 Å². The number of carbonyl (C=O) groups excluding carboxylic acids is 2. The highest BCUT2D eigenvalue weighted by Gasteiger charge is 2.40. The van der Waals surface area contributed by atoms with Crippen LogP contribution < -0.4 is 20.9 Å². The van der Waals surface area contributed by atoms with Gasteiger partial charge in [0.25, 0.3) is 5.91 Å². The van der Waals surface area contributed by atoms with Gasteiger partial charge in [-0.05, 0) is 70.0 Å². The van der Waals surface area contributed by atoms with Crippen LogP contribution in [0.3, 0.4) is 0 Å². The van der Waals surface area contributed by atoms with Crippen molar-refractivity contribution in [2.45, 2.75) is 64.3 Å². The minimum Gasteiger partial charge on any atom is -0.489 e. The molecule has 0 radical (unpaired) electrons. The Labute approximate surface area is 205 Å². The molecule has 8 heteroatoms. The first-order chi connectivity index (χ1) is 16.8. The summed E-state index contributed by atoms with van der Waals surface area (Å²) in [4.78, 5) is 29.7. The molecule has 8 nitrogen and oxygen atoms in total. The standard InChI is InChI=1S/C27H32N4O4/c1-17-12-21(23-6-4-5-7-24(23)29-17)16-35-22-10-8-20(9-11-22)26(33)30-27(15-25(32)31-34)13-18(2)28-19(3)14-27/h4-12,18-19,28,34H,13-16H2,1-3H3,(H,30,33)(H,31,32). The molecule has 2 unspecified atom stereocenters. The van der Waals surface area contributed by atoms with Gasteiger partial charge >= 0.3 is 0 Å². The lowest BCUT2D eigenvalue weighted by Gasteiger charge is -2.43. The van der Waals surface area contributed by atoms with Crippen molar-refractivity contribution in [2.75, 3.05) is 0 Å². The molecule has 184 valence electrons. The van der Waals surface area contributed by atoms with Crippen LogP contribution in [0, 0.1) is 6.92 Å². The highest BCUT2D eigenvalue weighted by molar-refractivity contribution is 5.95. The molecular weight excluding hydrogens is 444 g/mol. The second-order valence-electron chi connectivity index (χ2n) is 9.58. The number of aromatic nitrogens is 1. The number of hydrogen-bond donors (Lipinski definition) is 4. The van der Waals surface area contributed by atoms with Gasteiger partial charge in [-0.3, -0.25) is 19.8 Å². The molecule has 0 bridgehead atoms. The van der Waals surface area contributed by atoms with Crippen molar-refractivity contribution in [2.24, 2.45) is 0 Å². The minimum atomic E-state index is -0.747. The lowest BCUT2D eigenvalue weighted by Crippen LogP contribution is -2.61. The van der Waals surface area contributed by atoms with Crippen LogP contribution in [0.15, 0.2) is 54.6 Å². The number of benzene rings is 2. The first-order valence-electron chi connectivity index (χ1n) is 11.9. The number of aryl methyl sites for hydroxylation is 1. The highest BCUT2D eigenvalue weighted by atomic mass is 16.5. The van der Waals surface area contributed by atoms with E-state index in [9.17, 15) is 9.59 Å². The predicted molar refractivity (Wildman–Crippen MR) is 133 cm³/mol. The molecule has 1 aliphatic rings. The summed E-state index contributed by atoms with van der Waals surface area (Å²) in [6, 6.07) is 17.2. The number of hydrogen-bond acceptors (Lipinski definition) is 6. The van der Waals surface area contributed by atoms with Crippen LogP contribution in [0.4, 0.5) is 0 Å². The number of nitrogens with zero attached hydrogens (tertiary/aromatic N) is 1. The number of hydroxylamine groups is 1. The van der Waals surface area contributed by atoms with E-state index in [4.69, 9.17) is 9.94 Å². The first kappa shape index (κ1) is 24.6. The van der Waals surface area contributed by atoms with Crippen molar-refractivity contribution in [3.05, 3.63) is 71.4 Å². The maximum atomic E-state index is 13.1. The molecule has 1 aliphatic heterocycles. The molecule has 4 N–H and O–H groups in total. The van der Waals surface area contributed by atoms with Gasteiger partial charge in [0.15, 0.2) is 0 Å².